The minimum atomic E-state index is -1.61. The van der Waals surface area contributed by atoms with Gasteiger partial charge in [-0.25, -0.2) is 0 Å². The summed E-state index contributed by atoms with van der Waals surface area (Å²) in [6.07, 6.45) is 4.28. The van der Waals surface area contributed by atoms with Crippen molar-refractivity contribution in [3.8, 4) is 0 Å². The third kappa shape index (κ3) is 4.92. The van der Waals surface area contributed by atoms with Crippen molar-refractivity contribution in [2.75, 3.05) is 7.11 Å². The fourth-order valence-electron chi connectivity index (χ4n) is 0.922. The summed E-state index contributed by atoms with van der Waals surface area (Å²) in [5.74, 6) is 0.582. The van der Waals surface area contributed by atoms with Crippen LogP contribution >= 0.6 is 0 Å². The van der Waals surface area contributed by atoms with Crippen molar-refractivity contribution in [2.45, 2.75) is 26.1 Å². The molecule has 0 bridgehead atoms. The molecule has 2 nitrogen and oxygen atoms in total. The molecule has 0 saturated carbocycles. The van der Waals surface area contributed by atoms with Gasteiger partial charge in [0.15, 0.2) is 0 Å². The monoisotopic (exact) mass is 212 g/mol. The average molecular weight is 212 g/mol. The highest BCUT2D eigenvalue weighted by Crippen LogP contribution is 2.18. The lowest BCUT2D eigenvalue weighted by Gasteiger charge is -2.22. The van der Waals surface area contributed by atoms with Gasteiger partial charge < -0.3 is 9.16 Å². The van der Waals surface area contributed by atoms with Crippen LogP contribution in [0.2, 0.25) is 19.6 Å². The number of allylic oxidation sites excluding steroid dienone is 3. The quantitative estimate of drug-likeness (QED) is 0.290. The zero-order valence-electron chi connectivity index (χ0n) is 9.59. The van der Waals surface area contributed by atoms with E-state index < -0.39 is 8.32 Å². The Labute approximate surface area is 88.1 Å². The molecule has 0 aliphatic heterocycles. The molecular formula is C11H20O2Si. The normalized spacial score (nSPS) is 12.9. The molecule has 3 heteroatoms. The van der Waals surface area contributed by atoms with E-state index in [1.807, 2.05) is 6.08 Å². The molecule has 0 aliphatic carbocycles. The molecule has 0 fully saturated rings. The highest BCUT2D eigenvalue weighted by atomic mass is 28.4. The second-order valence-electron chi connectivity index (χ2n) is 3.93. The van der Waals surface area contributed by atoms with Crippen molar-refractivity contribution in [3.63, 3.8) is 0 Å². The van der Waals surface area contributed by atoms with Crippen molar-refractivity contribution >= 4 is 8.32 Å². The van der Waals surface area contributed by atoms with Gasteiger partial charge in [0.05, 0.1) is 7.11 Å². The molecule has 0 amide bonds. The van der Waals surface area contributed by atoms with Crippen LogP contribution in [0.3, 0.4) is 0 Å². The summed E-state index contributed by atoms with van der Waals surface area (Å²) in [5.41, 5.74) is 0.949. The van der Waals surface area contributed by atoms with Crippen molar-refractivity contribution in [3.05, 3.63) is 36.8 Å². The largest absolute Gasteiger partial charge is 0.520 e. The van der Waals surface area contributed by atoms with E-state index in [9.17, 15) is 0 Å². The van der Waals surface area contributed by atoms with Crippen LogP contribution in [0.4, 0.5) is 0 Å². The van der Waals surface area contributed by atoms with Crippen LogP contribution in [0.5, 0.6) is 0 Å². The van der Waals surface area contributed by atoms with E-state index in [2.05, 4.69) is 32.8 Å². The van der Waals surface area contributed by atoms with Gasteiger partial charge in [-0.1, -0.05) is 18.7 Å². The molecule has 0 saturated heterocycles. The fraction of sp³-hybridized carbons (Fsp3) is 0.455. The first-order valence-electron chi connectivity index (χ1n) is 4.64. The second-order valence-corrected chi connectivity index (χ2v) is 8.36. The second kappa shape index (κ2) is 5.70. The average Bonchev–Trinajstić information content (AvgIpc) is 2.09. The number of hydrogen-bond acceptors (Lipinski definition) is 2. The first kappa shape index (κ1) is 13.0. The Hall–Kier alpha value is -0.963. The van der Waals surface area contributed by atoms with Crippen LogP contribution in [0.1, 0.15) is 6.42 Å². The van der Waals surface area contributed by atoms with Gasteiger partial charge in [0.25, 0.3) is 5.95 Å². The summed E-state index contributed by atoms with van der Waals surface area (Å²) in [4.78, 5) is 0. The van der Waals surface area contributed by atoms with E-state index in [-0.39, 0.29) is 0 Å². The lowest BCUT2D eigenvalue weighted by molar-refractivity contribution is 0.143. The highest BCUT2D eigenvalue weighted by Gasteiger charge is 2.19. The molecule has 0 aromatic carbocycles. The molecule has 0 rings (SSSR count). The van der Waals surface area contributed by atoms with E-state index in [1.54, 1.807) is 13.2 Å². The summed E-state index contributed by atoms with van der Waals surface area (Å²) in [6, 6.07) is 0. The van der Waals surface area contributed by atoms with E-state index in [4.69, 9.17) is 9.16 Å². The Morgan fingerprint density at radius 3 is 2.14 bits per heavy atom. The minimum absolute atomic E-state index is 0.582. The van der Waals surface area contributed by atoms with Crippen LogP contribution in [-0.4, -0.2) is 15.4 Å². The van der Waals surface area contributed by atoms with Crippen LogP contribution in [0.25, 0.3) is 0 Å². The molecule has 80 valence electrons. The van der Waals surface area contributed by atoms with Gasteiger partial charge in [-0.3, -0.25) is 0 Å². The number of ether oxygens (including phenoxy) is 1. The summed E-state index contributed by atoms with van der Waals surface area (Å²) in [5, 5.41) is 0. The first-order valence-corrected chi connectivity index (χ1v) is 8.05. The molecule has 0 heterocycles. The maximum atomic E-state index is 5.77. The summed E-state index contributed by atoms with van der Waals surface area (Å²) in [6.45, 7) is 13.7. The molecular weight excluding hydrogens is 192 g/mol. The van der Waals surface area contributed by atoms with Crippen molar-refractivity contribution in [1.29, 1.82) is 0 Å². The summed E-state index contributed by atoms with van der Waals surface area (Å²) >= 11 is 0. The molecule has 0 aromatic rings. The van der Waals surface area contributed by atoms with E-state index in [1.165, 1.54) is 0 Å². The lowest BCUT2D eigenvalue weighted by atomic mass is 10.2. The van der Waals surface area contributed by atoms with Crippen molar-refractivity contribution < 1.29 is 9.16 Å². The minimum Gasteiger partial charge on any atom is -0.520 e. The zero-order valence-corrected chi connectivity index (χ0v) is 10.6. The third-order valence-electron chi connectivity index (χ3n) is 1.46. The predicted molar refractivity (Wildman–Crippen MR) is 63.5 cm³/mol. The van der Waals surface area contributed by atoms with Gasteiger partial charge in [-0.2, -0.15) is 0 Å². The number of hydrogen-bond donors (Lipinski definition) is 0. The van der Waals surface area contributed by atoms with Gasteiger partial charge in [-0.15, -0.1) is 6.58 Å². The maximum absolute atomic E-state index is 5.77. The Morgan fingerprint density at radius 2 is 1.86 bits per heavy atom. The molecule has 0 aromatic heterocycles. The predicted octanol–water partition coefficient (Wildman–Crippen LogP) is 3.46. The number of methoxy groups -OCH3 is 1. The van der Waals surface area contributed by atoms with Gasteiger partial charge in [0.2, 0.25) is 8.32 Å². The van der Waals surface area contributed by atoms with Crippen LogP contribution in [-0.2, 0) is 9.16 Å². The van der Waals surface area contributed by atoms with E-state index in [0.717, 1.165) is 12.0 Å². The Morgan fingerprint density at radius 1 is 1.29 bits per heavy atom. The topological polar surface area (TPSA) is 18.5 Å². The fourth-order valence-corrected chi connectivity index (χ4v) is 1.69. The van der Waals surface area contributed by atoms with E-state index >= 15 is 0 Å². The summed E-state index contributed by atoms with van der Waals surface area (Å²) < 4.78 is 11.0. The van der Waals surface area contributed by atoms with Crippen LogP contribution in [0, 0.1) is 0 Å². The van der Waals surface area contributed by atoms with Gasteiger partial charge >= 0.3 is 0 Å². The SMILES string of the molecule is C=CCC(C=C)=C(OC)O[Si](C)(C)C. The zero-order chi connectivity index (χ0) is 11.2. The molecule has 0 aliphatic rings. The highest BCUT2D eigenvalue weighted by molar-refractivity contribution is 6.70. The third-order valence-corrected chi connectivity index (χ3v) is 2.25. The Balaban J connectivity index is 4.79. The Bertz CT molecular complexity index is 236. The van der Waals surface area contributed by atoms with Crippen LogP contribution < -0.4 is 0 Å². The lowest BCUT2D eigenvalue weighted by Crippen LogP contribution is -2.26. The number of rotatable bonds is 6. The molecule has 0 atom stereocenters. The smallest absolute Gasteiger partial charge is 0.268 e. The Kier molecular flexibility index (Phi) is 5.31. The van der Waals surface area contributed by atoms with Gasteiger partial charge in [0.1, 0.15) is 0 Å². The van der Waals surface area contributed by atoms with E-state index in [0.29, 0.717) is 5.95 Å². The van der Waals surface area contributed by atoms with Gasteiger partial charge in [-0.05, 0) is 26.1 Å². The van der Waals surface area contributed by atoms with Crippen molar-refractivity contribution in [1.82, 2.24) is 0 Å². The molecule has 14 heavy (non-hydrogen) atoms. The molecule has 0 radical (unpaired) electrons. The summed E-state index contributed by atoms with van der Waals surface area (Å²) in [7, 11) is -0.00112. The van der Waals surface area contributed by atoms with Crippen LogP contribution in [0.15, 0.2) is 36.8 Å². The molecule has 0 spiro atoms. The maximum Gasteiger partial charge on any atom is 0.268 e. The molecule has 0 unspecified atom stereocenters. The standard InChI is InChI=1S/C11H20O2Si/c1-7-9-10(8-2)11(12-3)13-14(4,5)6/h7-8H,1-2,9H2,3-6H3. The first-order chi connectivity index (χ1) is 6.44. The molecule has 0 N–H and O–H groups in total. The van der Waals surface area contributed by atoms with Crippen molar-refractivity contribution in [2.24, 2.45) is 0 Å². The van der Waals surface area contributed by atoms with Gasteiger partial charge in [0, 0.05) is 5.57 Å².